The first-order valence-corrected chi connectivity index (χ1v) is 12.2. The van der Waals surface area contributed by atoms with Crippen molar-refractivity contribution in [1.29, 1.82) is 0 Å². The number of nitrogens with one attached hydrogen (secondary N) is 1. The number of aromatic nitrogens is 1. The number of carbonyl (C=O) groups is 2. The molecule has 2 amide bonds. The minimum Gasteiger partial charge on any atom is -0.341 e. The smallest absolute Gasteiger partial charge is 0.244 e. The van der Waals surface area contributed by atoms with E-state index in [0.29, 0.717) is 10.8 Å². The van der Waals surface area contributed by atoms with Gasteiger partial charge in [0.2, 0.25) is 11.8 Å². The van der Waals surface area contributed by atoms with Gasteiger partial charge in [0.05, 0.1) is 17.4 Å². The molecule has 7 heteroatoms. The average molecular weight is 474 g/mol. The predicted octanol–water partition coefficient (Wildman–Crippen LogP) is 6.12. The van der Waals surface area contributed by atoms with Gasteiger partial charge in [-0.2, -0.15) is 0 Å². The fourth-order valence-electron chi connectivity index (χ4n) is 3.34. The zero-order valence-electron chi connectivity index (χ0n) is 18.3. The molecule has 0 aliphatic carbocycles. The van der Waals surface area contributed by atoms with Crippen LogP contribution in [-0.4, -0.2) is 16.8 Å². The highest BCUT2D eigenvalue weighted by Crippen LogP contribution is 2.29. The Morgan fingerprint density at radius 1 is 1.00 bits per heavy atom. The number of carbonyl (C=O) groups excluding carboxylic acids is 2. The first kappa shape index (κ1) is 22.6. The van der Waals surface area contributed by atoms with Crippen molar-refractivity contribution in [2.75, 3.05) is 4.90 Å². The van der Waals surface area contributed by atoms with E-state index in [9.17, 15) is 9.59 Å². The maximum absolute atomic E-state index is 12.8. The first-order chi connectivity index (χ1) is 16.0. The Labute approximate surface area is 201 Å². The lowest BCUT2D eigenvalue weighted by Crippen LogP contribution is -2.27. The summed E-state index contributed by atoms with van der Waals surface area (Å²) in [6.07, 6.45) is 3.15. The number of thiophene rings is 1. The molecule has 166 valence electrons. The van der Waals surface area contributed by atoms with Crippen LogP contribution in [0.25, 0.3) is 6.08 Å². The summed E-state index contributed by atoms with van der Waals surface area (Å²) in [6.45, 7) is 3.55. The Morgan fingerprint density at radius 2 is 1.76 bits per heavy atom. The highest BCUT2D eigenvalue weighted by atomic mass is 32.1. The second-order valence-corrected chi connectivity index (χ2v) is 9.26. The molecule has 0 saturated carbocycles. The van der Waals surface area contributed by atoms with Gasteiger partial charge in [0.1, 0.15) is 0 Å². The van der Waals surface area contributed by atoms with Crippen LogP contribution in [0.5, 0.6) is 0 Å². The Bertz CT molecular complexity index is 1250. The molecule has 0 aliphatic heterocycles. The molecule has 4 rings (SSSR count). The number of hydrogen-bond donors (Lipinski definition) is 1. The molecule has 33 heavy (non-hydrogen) atoms. The third-order valence-electron chi connectivity index (χ3n) is 4.96. The van der Waals surface area contributed by atoms with Crippen LogP contribution in [0.1, 0.15) is 34.7 Å². The lowest BCUT2D eigenvalue weighted by atomic mass is 10.0. The Hall–Kier alpha value is -3.55. The SMILES string of the molecule is CC(=O)N(c1ccccc1)c1nc(/C=C/C(=O)NC(c2ccc(C)cc2)c2cccs2)cs1. The molecule has 0 spiro atoms. The number of anilines is 2. The Balaban J connectivity index is 1.50. The van der Waals surface area contributed by atoms with Crippen LogP contribution in [0.4, 0.5) is 10.8 Å². The quantitative estimate of drug-likeness (QED) is 0.329. The van der Waals surface area contributed by atoms with E-state index in [1.807, 2.05) is 84.4 Å². The molecule has 1 N–H and O–H groups in total. The fraction of sp³-hybridized carbons (Fsp3) is 0.115. The minimum absolute atomic E-state index is 0.124. The lowest BCUT2D eigenvalue weighted by Gasteiger charge is -2.17. The van der Waals surface area contributed by atoms with Crippen molar-refractivity contribution in [3.05, 3.63) is 105 Å². The van der Waals surface area contributed by atoms with Gasteiger partial charge in [-0.25, -0.2) is 4.98 Å². The van der Waals surface area contributed by atoms with E-state index < -0.39 is 0 Å². The number of thiazole rings is 1. The van der Waals surface area contributed by atoms with Crippen molar-refractivity contribution in [2.45, 2.75) is 19.9 Å². The number of hydrogen-bond acceptors (Lipinski definition) is 5. The number of amides is 2. The van der Waals surface area contributed by atoms with Crippen molar-refractivity contribution >= 4 is 51.4 Å². The average Bonchev–Trinajstić information content (AvgIpc) is 3.50. The minimum atomic E-state index is -0.222. The fourth-order valence-corrected chi connectivity index (χ4v) is 5.00. The summed E-state index contributed by atoms with van der Waals surface area (Å²) in [5.41, 5.74) is 3.57. The third kappa shape index (κ3) is 5.63. The van der Waals surface area contributed by atoms with Gasteiger partial charge in [-0.15, -0.1) is 22.7 Å². The van der Waals surface area contributed by atoms with Crippen molar-refractivity contribution in [3.63, 3.8) is 0 Å². The topological polar surface area (TPSA) is 62.3 Å². The zero-order valence-corrected chi connectivity index (χ0v) is 19.9. The van der Waals surface area contributed by atoms with Gasteiger partial charge < -0.3 is 5.32 Å². The highest BCUT2D eigenvalue weighted by molar-refractivity contribution is 7.14. The summed E-state index contributed by atoms with van der Waals surface area (Å²) in [7, 11) is 0. The summed E-state index contributed by atoms with van der Waals surface area (Å²) in [5.74, 6) is -0.337. The summed E-state index contributed by atoms with van der Waals surface area (Å²) in [5, 5.41) is 7.49. The van der Waals surface area contributed by atoms with Gasteiger partial charge in [0.15, 0.2) is 5.13 Å². The number of rotatable bonds is 7. The monoisotopic (exact) mass is 473 g/mol. The van der Waals surface area contributed by atoms with Gasteiger partial charge in [-0.05, 0) is 42.1 Å². The van der Waals surface area contributed by atoms with Gasteiger partial charge in [0.25, 0.3) is 0 Å². The summed E-state index contributed by atoms with van der Waals surface area (Å²) in [6, 6.07) is 21.3. The summed E-state index contributed by atoms with van der Waals surface area (Å²) in [4.78, 5) is 32.1. The maximum atomic E-state index is 12.8. The molecule has 2 heterocycles. The number of nitrogens with zero attached hydrogens (tertiary/aromatic N) is 2. The van der Waals surface area contributed by atoms with E-state index in [4.69, 9.17) is 0 Å². The molecule has 5 nitrogen and oxygen atoms in total. The Kier molecular flexibility index (Phi) is 7.12. The molecule has 4 aromatic rings. The second-order valence-electron chi connectivity index (χ2n) is 7.45. The van der Waals surface area contributed by atoms with E-state index in [1.54, 1.807) is 22.3 Å². The third-order valence-corrected chi connectivity index (χ3v) is 6.74. The molecule has 0 aliphatic rings. The van der Waals surface area contributed by atoms with E-state index in [-0.39, 0.29) is 17.9 Å². The molecule has 0 fully saturated rings. The zero-order chi connectivity index (χ0) is 23.2. The summed E-state index contributed by atoms with van der Waals surface area (Å²) < 4.78 is 0. The van der Waals surface area contributed by atoms with Gasteiger partial charge in [-0.3, -0.25) is 14.5 Å². The lowest BCUT2D eigenvalue weighted by molar-refractivity contribution is -0.117. The molecule has 0 radical (unpaired) electrons. The predicted molar refractivity (Wildman–Crippen MR) is 136 cm³/mol. The van der Waals surface area contributed by atoms with Gasteiger partial charge >= 0.3 is 0 Å². The van der Waals surface area contributed by atoms with Crippen LogP contribution in [0.15, 0.2) is 83.6 Å². The van der Waals surface area contributed by atoms with E-state index in [0.717, 1.165) is 16.1 Å². The number of benzene rings is 2. The van der Waals surface area contributed by atoms with Crippen molar-refractivity contribution in [1.82, 2.24) is 10.3 Å². The molecular weight excluding hydrogens is 450 g/mol. The van der Waals surface area contributed by atoms with Crippen LogP contribution < -0.4 is 10.2 Å². The van der Waals surface area contributed by atoms with Gasteiger partial charge in [0, 0.05) is 23.3 Å². The first-order valence-electron chi connectivity index (χ1n) is 10.4. The van der Waals surface area contributed by atoms with Crippen molar-refractivity contribution in [3.8, 4) is 0 Å². The number of para-hydroxylation sites is 1. The van der Waals surface area contributed by atoms with Crippen LogP contribution in [0, 0.1) is 6.92 Å². The molecule has 0 saturated heterocycles. The van der Waals surface area contributed by atoms with E-state index in [1.165, 1.54) is 29.9 Å². The largest absolute Gasteiger partial charge is 0.341 e. The van der Waals surface area contributed by atoms with Crippen LogP contribution in [0.2, 0.25) is 0 Å². The van der Waals surface area contributed by atoms with Crippen LogP contribution in [-0.2, 0) is 9.59 Å². The Morgan fingerprint density at radius 3 is 2.42 bits per heavy atom. The molecule has 2 aromatic heterocycles. The molecule has 0 bridgehead atoms. The normalized spacial score (nSPS) is 11.9. The number of aryl methyl sites for hydroxylation is 1. The van der Waals surface area contributed by atoms with Crippen LogP contribution in [0.3, 0.4) is 0 Å². The maximum Gasteiger partial charge on any atom is 0.244 e. The molecule has 1 unspecified atom stereocenters. The van der Waals surface area contributed by atoms with Crippen molar-refractivity contribution in [2.24, 2.45) is 0 Å². The van der Waals surface area contributed by atoms with E-state index in [2.05, 4.69) is 10.3 Å². The van der Waals surface area contributed by atoms with Crippen molar-refractivity contribution < 1.29 is 9.59 Å². The summed E-state index contributed by atoms with van der Waals surface area (Å²) >= 11 is 2.96. The second kappa shape index (κ2) is 10.4. The van der Waals surface area contributed by atoms with E-state index >= 15 is 0 Å². The highest BCUT2D eigenvalue weighted by Gasteiger charge is 2.18. The molecule has 1 atom stereocenters. The van der Waals surface area contributed by atoms with Gasteiger partial charge in [-0.1, -0.05) is 54.1 Å². The molecular formula is C26H23N3O2S2. The standard InChI is InChI=1S/C26H23N3O2S2/c1-18-10-12-20(13-11-18)25(23-9-6-16-32-23)28-24(31)15-14-21-17-33-26(27-21)29(19(2)30)22-7-4-3-5-8-22/h3-17,25H,1-2H3,(H,28,31)/b15-14+. The molecule has 2 aromatic carbocycles. The van der Waals surface area contributed by atoms with Crippen LogP contribution >= 0.6 is 22.7 Å².